The molecule has 0 bridgehead atoms. The van der Waals surface area contributed by atoms with E-state index in [-0.39, 0.29) is 0 Å². The van der Waals surface area contributed by atoms with Crippen LogP contribution in [0.5, 0.6) is 0 Å². The Labute approximate surface area is 230 Å². The second kappa shape index (κ2) is 13.0. The molecule has 8 heteroatoms. The molecule has 1 aliphatic rings. The second-order valence-corrected chi connectivity index (χ2v) is 10.1. The fourth-order valence-electron chi connectivity index (χ4n) is 4.72. The Hall–Kier alpha value is -3.29. The summed E-state index contributed by atoms with van der Waals surface area (Å²) in [5.74, 6) is 0.700. The maximum atomic E-state index is 14.0. The maximum absolute atomic E-state index is 14.0. The number of anilines is 1. The Kier molecular flexibility index (Phi) is 10.00. The Morgan fingerprint density at radius 2 is 1.87 bits per heavy atom. The van der Waals surface area contributed by atoms with Crippen molar-refractivity contribution < 1.29 is 4.39 Å². The average molecular weight is 537 g/mol. The van der Waals surface area contributed by atoms with Crippen LogP contribution < -0.4 is 4.90 Å². The van der Waals surface area contributed by atoms with Crippen molar-refractivity contribution >= 4 is 40.0 Å². The molecule has 202 valence electrons. The van der Waals surface area contributed by atoms with Gasteiger partial charge in [-0.25, -0.2) is 14.4 Å². The zero-order chi connectivity index (χ0) is 28.0. The van der Waals surface area contributed by atoms with Crippen LogP contribution in [0.4, 0.5) is 10.2 Å². The summed E-state index contributed by atoms with van der Waals surface area (Å²) in [4.78, 5) is 13.3. The largest absolute Gasteiger partial charge is 0.353 e. The molecule has 0 amide bonds. The van der Waals surface area contributed by atoms with Crippen molar-refractivity contribution in [2.75, 3.05) is 25.0 Å². The lowest BCUT2D eigenvalue weighted by atomic mass is 9.97. The molecule has 2 aromatic heterocycles. The molecular formula is C30H38ClFN6. The van der Waals surface area contributed by atoms with Gasteiger partial charge >= 0.3 is 0 Å². The van der Waals surface area contributed by atoms with E-state index in [0.717, 1.165) is 35.1 Å². The predicted octanol–water partition coefficient (Wildman–Crippen LogP) is 6.71. The summed E-state index contributed by atoms with van der Waals surface area (Å²) in [6.07, 6.45) is 10.6. The van der Waals surface area contributed by atoms with Crippen LogP contribution in [0.15, 0.2) is 61.1 Å². The number of hydrogen-bond acceptors (Lipinski definition) is 5. The number of aryl methyl sites for hydroxylation is 2. The Balaban J connectivity index is 0.000000732. The minimum absolute atomic E-state index is 0.320. The first-order valence-corrected chi connectivity index (χ1v) is 13.1. The molecule has 0 aliphatic carbocycles. The summed E-state index contributed by atoms with van der Waals surface area (Å²) in [5.41, 5.74) is 4.51. The molecule has 1 fully saturated rings. The molecule has 0 spiro atoms. The lowest BCUT2D eigenvalue weighted by Crippen LogP contribution is -2.55. The highest BCUT2D eigenvalue weighted by molar-refractivity contribution is 6.39. The number of alkyl halides is 1. The van der Waals surface area contributed by atoms with Gasteiger partial charge in [-0.2, -0.15) is 5.10 Å². The number of fused-ring (bicyclic) bond motifs is 1. The molecule has 0 N–H and O–H groups in total. The number of nitrogens with zero attached hydrogens (tertiary/aromatic N) is 6. The minimum atomic E-state index is -0.701. The molecule has 3 aromatic rings. The van der Waals surface area contributed by atoms with Crippen LogP contribution >= 0.6 is 11.6 Å². The zero-order valence-corrected chi connectivity index (χ0v) is 24.0. The lowest BCUT2D eigenvalue weighted by Gasteiger charge is -2.43. The van der Waals surface area contributed by atoms with Crippen molar-refractivity contribution in [3.05, 3.63) is 83.5 Å². The first kappa shape index (κ1) is 29.3. The van der Waals surface area contributed by atoms with E-state index in [2.05, 4.69) is 58.9 Å². The number of likely N-dealkylation sites (N-methyl/N-ethyl adjacent to an activating group) is 1. The number of hydrogen-bond donors (Lipinski definition) is 0. The molecule has 1 saturated heterocycles. The van der Waals surface area contributed by atoms with Crippen molar-refractivity contribution in [3.8, 4) is 0 Å². The Morgan fingerprint density at radius 1 is 1.18 bits per heavy atom. The van der Waals surface area contributed by atoms with Gasteiger partial charge in [-0.05, 0) is 52.0 Å². The molecule has 1 aromatic carbocycles. The van der Waals surface area contributed by atoms with Crippen LogP contribution in [-0.4, -0.2) is 56.9 Å². The number of piperazine rings is 1. The van der Waals surface area contributed by atoms with Crippen LogP contribution in [0, 0.1) is 6.92 Å². The molecule has 38 heavy (non-hydrogen) atoms. The van der Waals surface area contributed by atoms with Gasteiger partial charge in [0, 0.05) is 53.8 Å². The summed E-state index contributed by atoms with van der Waals surface area (Å²) < 4.78 is 15.8. The standard InChI is InChI=1S/C25H30ClFN6.C5H8/c1-15-7-8-19-11-30-32(6)24(19)23(15)18(4)21(26)9-20-22(10-27)28-14-29-25(20)33-12-16(2)31(5)17(3)13-33;1-3-5-4-2/h7-9,11,14,16-17H,4,10,12-13H2,1-3,5-6H3;3-5H,1H2,2H3/b21-9+;5-4+. The first-order chi connectivity index (χ1) is 18.1. The van der Waals surface area contributed by atoms with Crippen molar-refractivity contribution in [2.45, 2.75) is 46.5 Å². The summed E-state index contributed by atoms with van der Waals surface area (Å²) >= 11 is 6.84. The maximum Gasteiger partial charge on any atom is 0.139 e. The van der Waals surface area contributed by atoms with Gasteiger partial charge in [-0.1, -0.05) is 55.1 Å². The topological polar surface area (TPSA) is 50.1 Å². The molecule has 1 aliphatic heterocycles. The predicted molar refractivity (Wildman–Crippen MR) is 159 cm³/mol. The van der Waals surface area contributed by atoms with Gasteiger partial charge < -0.3 is 4.90 Å². The van der Waals surface area contributed by atoms with Gasteiger partial charge in [0.15, 0.2) is 0 Å². The highest BCUT2D eigenvalue weighted by Gasteiger charge is 2.29. The lowest BCUT2D eigenvalue weighted by molar-refractivity contribution is 0.169. The van der Waals surface area contributed by atoms with Crippen LogP contribution in [0.1, 0.15) is 43.2 Å². The third kappa shape index (κ3) is 6.22. The van der Waals surface area contributed by atoms with Gasteiger partial charge in [-0.15, -0.1) is 0 Å². The summed E-state index contributed by atoms with van der Waals surface area (Å²) in [7, 11) is 4.03. The van der Waals surface area contributed by atoms with E-state index in [9.17, 15) is 4.39 Å². The van der Waals surface area contributed by atoms with E-state index in [1.807, 2.05) is 56.1 Å². The average Bonchev–Trinajstić information content (AvgIpc) is 3.28. The molecule has 0 saturated carbocycles. The number of allylic oxidation sites excluding steroid dienone is 5. The molecular weight excluding hydrogens is 499 g/mol. The molecule has 6 nitrogen and oxygen atoms in total. The van der Waals surface area contributed by atoms with Crippen LogP contribution in [-0.2, 0) is 13.7 Å². The van der Waals surface area contributed by atoms with Gasteiger partial charge in [0.05, 0.1) is 17.4 Å². The van der Waals surface area contributed by atoms with E-state index in [0.29, 0.717) is 39.8 Å². The van der Waals surface area contributed by atoms with Crippen molar-refractivity contribution in [1.29, 1.82) is 0 Å². The third-order valence-corrected chi connectivity index (χ3v) is 7.37. The summed E-state index contributed by atoms with van der Waals surface area (Å²) in [6, 6.07) is 4.74. The molecule has 3 heterocycles. The molecule has 0 radical (unpaired) electrons. The van der Waals surface area contributed by atoms with E-state index in [1.165, 1.54) is 6.33 Å². The van der Waals surface area contributed by atoms with Crippen LogP contribution in [0.2, 0.25) is 0 Å². The smallest absolute Gasteiger partial charge is 0.139 e. The number of benzene rings is 1. The van der Waals surface area contributed by atoms with Crippen molar-refractivity contribution in [3.63, 3.8) is 0 Å². The van der Waals surface area contributed by atoms with Gasteiger partial charge in [0.25, 0.3) is 0 Å². The normalized spacial score (nSPS) is 18.5. The fraction of sp³-hybridized carbons (Fsp3) is 0.367. The second-order valence-electron chi connectivity index (χ2n) is 9.66. The van der Waals surface area contributed by atoms with Crippen molar-refractivity contribution in [2.24, 2.45) is 7.05 Å². The van der Waals surface area contributed by atoms with E-state index >= 15 is 0 Å². The molecule has 2 atom stereocenters. The van der Waals surface area contributed by atoms with Gasteiger partial charge in [0.1, 0.15) is 18.8 Å². The summed E-state index contributed by atoms with van der Waals surface area (Å²) in [5, 5.41) is 5.81. The third-order valence-electron chi connectivity index (χ3n) is 7.03. The molecule has 2 unspecified atom stereocenters. The SMILES string of the molecule is C=C(/C(Cl)=C\c1c(CF)ncnc1N1CC(C)N(C)C(C)C1)c1c(C)ccc2cnn(C)c12.C=C/C=C/C. The van der Waals surface area contributed by atoms with Crippen LogP contribution in [0.3, 0.4) is 0 Å². The number of aromatic nitrogens is 4. The van der Waals surface area contributed by atoms with Gasteiger partial charge in [0.2, 0.25) is 0 Å². The highest BCUT2D eigenvalue weighted by Crippen LogP contribution is 2.36. The highest BCUT2D eigenvalue weighted by atomic mass is 35.5. The minimum Gasteiger partial charge on any atom is -0.353 e. The van der Waals surface area contributed by atoms with E-state index in [1.54, 1.807) is 12.2 Å². The van der Waals surface area contributed by atoms with Gasteiger partial charge in [-0.3, -0.25) is 9.58 Å². The first-order valence-electron chi connectivity index (χ1n) is 12.7. The van der Waals surface area contributed by atoms with Crippen LogP contribution in [0.25, 0.3) is 22.6 Å². The fourth-order valence-corrected chi connectivity index (χ4v) is 4.93. The Bertz CT molecular complexity index is 1350. The van der Waals surface area contributed by atoms with Crippen molar-refractivity contribution in [1.82, 2.24) is 24.6 Å². The quantitative estimate of drug-likeness (QED) is 0.328. The monoisotopic (exact) mass is 536 g/mol. The summed E-state index contributed by atoms with van der Waals surface area (Å²) in [6.45, 7) is 17.0. The number of halogens is 2. The van der Waals surface area contributed by atoms with E-state index in [4.69, 9.17) is 11.6 Å². The van der Waals surface area contributed by atoms with E-state index < -0.39 is 6.67 Å². The number of rotatable bonds is 6. The Morgan fingerprint density at radius 3 is 2.45 bits per heavy atom. The molecule has 4 rings (SSSR count). The zero-order valence-electron chi connectivity index (χ0n) is 23.2.